The smallest absolute Gasteiger partial charge is 0.407 e. The van der Waals surface area contributed by atoms with Crippen molar-refractivity contribution in [2.45, 2.75) is 95.7 Å². The number of nitrogens with one attached hydrogen (secondary N) is 3. The van der Waals surface area contributed by atoms with Crippen molar-refractivity contribution >= 4 is 23.6 Å². The first-order valence-corrected chi connectivity index (χ1v) is 13.7. The fraction of sp³-hybridized carbons (Fsp3) is 0.679. The zero-order valence-corrected chi connectivity index (χ0v) is 22.3. The van der Waals surface area contributed by atoms with E-state index in [0.717, 1.165) is 63.7 Å². The fourth-order valence-corrected chi connectivity index (χ4v) is 5.74. The molecule has 9 heteroatoms. The largest absolute Gasteiger partial charge is 0.444 e. The molecule has 1 unspecified atom stereocenters. The van der Waals surface area contributed by atoms with E-state index in [0.29, 0.717) is 18.0 Å². The number of alkyl carbamates (subject to hydrolysis) is 1. The van der Waals surface area contributed by atoms with Crippen molar-refractivity contribution in [1.82, 2.24) is 15.5 Å². The Hall–Kier alpha value is -2.68. The molecule has 4 rings (SSSR count). The highest BCUT2D eigenvalue weighted by Gasteiger charge is 2.29. The Bertz CT molecular complexity index is 979. The average Bonchev–Trinajstić information content (AvgIpc) is 2.82. The normalized spacial score (nSPS) is 25.9. The molecule has 1 aliphatic carbocycles. The summed E-state index contributed by atoms with van der Waals surface area (Å²) in [5, 5.41) is 8.38. The summed E-state index contributed by atoms with van der Waals surface area (Å²) in [5.41, 5.74) is 0.817. The number of nitrogens with zero attached hydrogens (tertiary/aromatic N) is 1. The van der Waals surface area contributed by atoms with Gasteiger partial charge in [-0.1, -0.05) is 6.07 Å². The summed E-state index contributed by atoms with van der Waals surface area (Å²) in [4.78, 5) is 37.8. The molecule has 8 nitrogen and oxygen atoms in total. The molecule has 2 heterocycles. The van der Waals surface area contributed by atoms with Crippen LogP contribution < -0.4 is 16.0 Å². The minimum Gasteiger partial charge on any atom is -0.444 e. The zero-order chi connectivity index (χ0) is 26.6. The van der Waals surface area contributed by atoms with E-state index in [1.54, 1.807) is 0 Å². The number of hydrogen-bond acceptors (Lipinski definition) is 6. The minimum atomic E-state index is -0.519. The molecule has 0 aromatic heterocycles. The number of amides is 3. The van der Waals surface area contributed by atoms with Crippen LogP contribution in [0.1, 0.15) is 83.6 Å². The van der Waals surface area contributed by atoms with Crippen molar-refractivity contribution in [1.29, 1.82) is 0 Å². The maximum absolute atomic E-state index is 15.0. The topological polar surface area (TPSA) is 99.8 Å². The second-order valence-electron chi connectivity index (χ2n) is 11.8. The Morgan fingerprint density at radius 3 is 2.41 bits per heavy atom. The van der Waals surface area contributed by atoms with Crippen molar-refractivity contribution in [2.24, 2.45) is 5.92 Å². The second kappa shape index (κ2) is 11.8. The maximum atomic E-state index is 15.0. The number of carbonyl (C=O) groups is 3. The van der Waals surface area contributed by atoms with Crippen molar-refractivity contribution < 1.29 is 23.5 Å². The Kier molecular flexibility index (Phi) is 8.72. The third kappa shape index (κ3) is 7.90. The molecule has 0 bridgehead atoms. The van der Waals surface area contributed by atoms with Gasteiger partial charge >= 0.3 is 6.09 Å². The van der Waals surface area contributed by atoms with Crippen LogP contribution in [-0.4, -0.2) is 60.1 Å². The van der Waals surface area contributed by atoms with Crippen molar-refractivity contribution in [3.8, 4) is 0 Å². The van der Waals surface area contributed by atoms with E-state index in [1.807, 2.05) is 32.9 Å². The van der Waals surface area contributed by atoms with Crippen molar-refractivity contribution in [2.75, 3.05) is 25.0 Å². The Morgan fingerprint density at radius 1 is 1.08 bits per heavy atom. The van der Waals surface area contributed by atoms with Gasteiger partial charge in [0.2, 0.25) is 11.8 Å². The van der Waals surface area contributed by atoms with Crippen LogP contribution in [0.4, 0.5) is 14.9 Å². The van der Waals surface area contributed by atoms with E-state index in [4.69, 9.17) is 4.74 Å². The van der Waals surface area contributed by atoms with Gasteiger partial charge in [-0.15, -0.1) is 0 Å². The number of likely N-dealkylation sites (tertiary alicyclic amines) is 1. The molecule has 1 saturated carbocycles. The molecule has 2 aliphatic heterocycles. The SMILES string of the molecule is CC(C)(C)OC(=O)NC1CCC(CN2CCC(c3ccc(NC4CCC(=O)NC4=O)cc3F)CC2)CC1. The lowest BCUT2D eigenvalue weighted by atomic mass is 9.84. The van der Waals surface area contributed by atoms with Gasteiger partial charge < -0.3 is 20.3 Å². The molecular weight excluding hydrogens is 475 g/mol. The molecular formula is C28H41FN4O4. The highest BCUT2D eigenvalue weighted by atomic mass is 19.1. The molecule has 3 amide bonds. The molecule has 0 spiro atoms. The Labute approximate surface area is 219 Å². The summed E-state index contributed by atoms with van der Waals surface area (Å²) < 4.78 is 20.4. The minimum absolute atomic E-state index is 0.187. The van der Waals surface area contributed by atoms with E-state index in [-0.39, 0.29) is 42.1 Å². The van der Waals surface area contributed by atoms with E-state index in [1.165, 1.54) is 6.07 Å². The Morgan fingerprint density at radius 2 is 1.78 bits per heavy atom. The molecule has 37 heavy (non-hydrogen) atoms. The van der Waals surface area contributed by atoms with Crippen LogP contribution in [-0.2, 0) is 14.3 Å². The zero-order valence-electron chi connectivity index (χ0n) is 22.3. The standard InChI is InChI=1S/C28H41FN4O4/c1-28(2,3)37-27(36)31-20-6-4-18(5-7-20)17-33-14-12-19(13-15-33)22-9-8-21(16-23(22)29)30-24-10-11-25(34)32-26(24)35/h8-9,16,18-20,24,30H,4-7,10-15,17H2,1-3H3,(H,31,36)(H,32,34,35). The molecule has 0 radical (unpaired) electrons. The predicted octanol–water partition coefficient (Wildman–Crippen LogP) is 4.31. The second-order valence-corrected chi connectivity index (χ2v) is 11.8. The van der Waals surface area contributed by atoms with Crippen LogP contribution in [0.15, 0.2) is 18.2 Å². The van der Waals surface area contributed by atoms with Gasteiger partial charge in [0.15, 0.2) is 0 Å². The molecule has 1 aromatic carbocycles. The lowest BCUT2D eigenvalue weighted by molar-refractivity contribution is -0.133. The van der Waals surface area contributed by atoms with Gasteiger partial charge in [0.1, 0.15) is 17.5 Å². The number of hydrogen-bond donors (Lipinski definition) is 3. The predicted molar refractivity (Wildman–Crippen MR) is 140 cm³/mol. The number of carbonyl (C=O) groups excluding carboxylic acids is 3. The van der Waals surface area contributed by atoms with Crippen LogP contribution in [0, 0.1) is 11.7 Å². The first-order valence-electron chi connectivity index (χ1n) is 13.7. The Balaban J connectivity index is 1.19. The van der Waals surface area contributed by atoms with Crippen molar-refractivity contribution in [3.05, 3.63) is 29.6 Å². The lowest BCUT2D eigenvalue weighted by Gasteiger charge is -2.37. The lowest BCUT2D eigenvalue weighted by Crippen LogP contribution is -2.47. The van der Waals surface area contributed by atoms with Gasteiger partial charge in [-0.2, -0.15) is 0 Å². The average molecular weight is 517 g/mol. The fourth-order valence-electron chi connectivity index (χ4n) is 5.74. The number of piperidine rings is 2. The summed E-state index contributed by atoms with van der Waals surface area (Å²) in [7, 11) is 0. The molecule has 1 atom stereocenters. The number of rotatable bonds is 6. The summed E-state index contributed by atoms with van der Waals surface area (Å²) in [6.45, 7) is 8.59. The first kappa shape index (κ1) is 27.4. The van der Waals surface area contributed by atoms with Gasteiger partial charge in [0.25, 0.3) is 0 Å². The van der Waals surface area contributed by atoms with Gasteiger partial charge in [-0.3, -0.25) is 14.9 Å². The van der Waals surface area contributed by atoms with E-state index < -0.39 is 11.6 Å². The van der Waals surface area contributed by atoms with E-state index in [2.05, 4.69) is 20.9 Å². The summed E-state index contributed by atoms with van der Waals surface area (Å²) in [5.74, 6) is -0.0523. The molecule has 3 fully saturated rings. The van der Waals surface area contributed by atoms with Gasteiger partial charge in [0, 0.05) is 24.7 Å². The van der Waals surface area contributed by atoms with Gasteiger partial charge in [-0.05, 0) is 108 Å². The number of anilines is 1. The van der Waals surface area contributed by atoms with Crippen molar-refractivity contribution in [3.63, 3.8) is 0 Å². The molecule has 204 valence electrons. The third-order valence-corrected chi connectivity index (χ3v) is 7.69. The number of imide groups is 1. The summed E-state index contributed by atoms with van der Waals surface area (Å²) in [6, 6.07) is 4.80. The van der Waals surface area contributed by atoms with Crippen LogP contribution >= 0.6 is 0 Å². The number of halogens is 1. The van der Waals surface area contributed by atoms with Gasteiger partial charge in [0.05, 0.1) is 0 Å². The van der Waals surface area contributed by atoms with Crippen LogP contribution in [0.2, 0.25) is 0 Å². The molecule has 2 saturated heterocycles. The van der Waals surface area contributed by atoms with Gasteiger partial charge in [-0.25, -0.2) is 9.18 Å². The maximum Gasteiger partial charge on any atom is 0.407 e. The molecule has 3 aliphatic rings. The summed E-state index contributed by atoms with van der Waals surface area (Å²) in [6.07, 6.45) is 6.35. The highest BCUT2D eigenvalue weighted by molar-refractivity contribution is 6.01. The highest BCUT2D eigenvalue weighted by Crippen LogP contribution is 2.33. The van der Waals surface area contributed by atoms with Crippen LogP contribution in [0.3, 0.4) is 0 Å². The number of ether oxygens (including phenoxy) is 1. The molecule has 3 N–H and O–H groups in total. The quantitative estimate of drug-likeness (QED) is 0.488. The monoisotopic (exact) mass is 516 g/mol. The molecule has 1 aromatic rings. The first-order chi connectivity index (χ1) is 17.6. The van der Waals surface area contributed by atoms with E-state index >= 15 is 0 Å². The van der Waals surface area contributed by atoms with Crippen LogP contribution in [0.25, 0.3) is 0 Å². The number of benzene rings is 1. The van der Waals surface area contributed by atoms with E-state index in [9.17, 15) is 18.8 Å². The third-order valence-electron chi connectivity index (χ3n) is 7.69. The van der Waals surface area contributed by atoms with Crippen LogP contribution in [0.5, 0.6) is 0 Å². The summed E-state index contributed by atoms with van der Waals surface area (Å²) >= 11 is 0.